The zero-order valence-electron chi connectivity index (χ0n) is 9.42. The zero-order valence-corrected chi connectivity index (χ0v) is 9.42. The van der Waals surface area contributed by atoms with E-state index in [0.717, 1.165) is 13.1 Å². The first-order valence-electron chi connectivity index (χ1n) is 5.20. The summed E-state index contributed by atoms with van der Waals surface area (Å²) in [4.78, 5) is 4.45. The van der Waals surface area contributed by atoms with Crippen LogP contribution < -0.4 is 5.73 Å². The summed E-state index contributed by atoms with van der Waals surface area (Å²) < 4.78 is 0. The topological polar surface area (TPSA) is 32.5 Å². The van der Waals surface area contributed by atoms with E-state index in [9.17, 15) is 0 Å². The lowest BCUT2D eigenvalue weighted by Gasteiger charge is -2.25. The van der Waals surface area contributed by atoms with Gasteiger partial charge in [0, 0.05) is 13.1 Å². The number of rotatable bonds is 2. The van der Waals surface area contributed by atoms with Crippen molar-refractivity contribution in [3.63, 3.8) is 0 Å². The molecule has 1 saturated heterocycles. The molecular formula is C10H25N3. The van der Waals surface area contributed by atoms with E-state index in [1.807, 2.05) is 26.0 Å². The molecule has 1 aliphatic heterocycles. The Morgan fingerprint density at radius 1 is 1.08 bits per heavy atom. The first-order chi connectivity index (χ1) is 6.16. The molecule has 0 atom stereocenters. The molecule has 0 saturated carbocycles. The summed E-state index contributed by atoms with van der Waals surface area (Å²) in [6.45, 7) is 4.47. The second-order valence-corrected chi connectivity index (χ2v) is 4.03. The van der Waals surface area contributed by atoms with Crippen molar-refractivity contribution in [1.82, 2.24) is 9.80 Å². The molecule has 3 heteroatoms. The Hall–Kier alpha value is -0.120. The fourth-order valence-corrected chi connectivity index (χ4v) is 1.37. The molecule has 0 amide bonds. The summed E-state index contributed by atoms with van der Waals surface area (Å²) in [6.07, 6.45) is 4.17. The van der Waals surface area contributed by atoms with E-state index in [1.165, 1.54) is 32.4 Å². The fraction of sp³-hybridized carbons (Fsp3) is 1.00. The van der Waals surface area contributed by atoms with E-state index >= 15 is 0 Å². The van der Waals surface area contributed by atoms with Crippen molar-refractivity contribution in [2.45, 2.75) is 19.3 Å². The maximum absolute atomic E-state index is 5.42. The molecule has 1 heterocycles. The number of likely N-dealkylation sites (tertiary alicyclic amines) is 1. The van der Waals surface area contributed by atoms with Crippen molar-refractivity contribution >= 4 is 0 Å². The SMILES string of the molecule is CN(C)C.NCCN1CCCCC1. The second-order valence-electron chi connectivity index (χ2n) is 4.03. The Balaban J connectivity index is 0.000000310. The maximum Gasteiger partial charge on any atom is 0.0105 e. The minimum atomic E-state index is 0.819. The van der Waals surface area contributed by atoms with Crippen LogP contribution in [0.4, 0.5) is 0 Å². The molecule has 2 N–H and O–H groups in total. The number of nitrogens with zero attached hydrogens (tertiary/aromatic N) is 2. The van der Waals surface area contributed by atoms with Gasteiger partial charge in [-0.25, -0.2) is 0 Å². The molecule has 0 unspecified atom stereocenters. The lowest BCUT2D eigenvalue weighted by atomic mass is 10.1. The van der Waals surface area contributed by atoms with Gasteiger partial charge in [0.2, 0.25) is 0 Å². The van der Waals surface area contributed by atoms with Crippen molar-refractivity contribution in [3.05, 3.63) is 0 Å². The average Bonchev–Trinajstić information content (AvgIpc) is 2.06. The first-order valence-corrected chi connectivity index (χ1v) is 5.20. The van der Waals surface area contributed by atoms with Crippen LogP contribution in [0.2, 0.25) is 0 Å². The van der Waals surface area contributed by atoms with Crippen LogP contribution in [-0.4, -0.2) is 57.1 Å². The maximum atomic E-state index is 5.42. The van der Waals surface area contributed by atoms with Crippen LogP contribution in [0.5, 0.6) is 0 Å². The van der Waals surface area contributed by atoms with Gasteiger partial charge in [0.25, 0.3) is 0 Å². The molecule has 0 aromatic carbocycles. The largest absolute Gasteiger partial charge is 0.329 e. The Morgan fingerprint density at radius 3 is 1.92 bits per heavy atom. The van der Waals surface area contributed by atoms with Crippen LogP contribution in [0.25, 0.3) is 0 Å². The summed E-state index contributed by atoms with van der Waals surface area (Å²) in [5.41, 5.74) is 5.42. The van der Waals surface area contributed by atoms with Gasteiger partial charge in [0.15, 0.2) is 0 Å². The third-order valence-corrected chi connectivity index (χ3v) is 1.89. The summed E-state index contributed by atoms with van der Waals surface area (Å²) in [6, 6.07) is 0. The fourth-order valence-electron chi connectivity index (χ4n) is 1.37. The minimum absolute atomic E-state index is 0.819. The molecule has 1 rings (SSSR count). The van der Waals surface area contributed by atoms with Gasteiger partial charge in [0.1, 0.15) is 0 Å². The highest BCUT2D eigenvalue weighted by Crippen LogP contribution is 2.06. The van der Waals surface area contributed by atoms with Crippen molar-refractivity contribution in [2.75, 3.05) is 47.3 Å². The first kappa shape index (κ1) is 12.9. The van der Waals surface area contributed by atoms with E-state index in [0.29, 0.717) is 0 Å². The van der Waals surface area contributed by atoms with Gasteiger partial charge in [0.05, 0.1) is 0 Å². The molecule has 1 fully saturated rings. The summed E-state index contributed by atoms with van der Waals surface area (Å²) in [7, 11) is 6.00. The van der Waals surface area contributed by atoms with Gasteiger partial charge in [-0.1, -0.05) is 6.42 Å². The molecular weight excluding hydrogens is 162 g/mol. The van der Waals surface area contributed by atoms with Crippen molar-refractivity contribution in [2.24, 2.45) is 5.73 Å². The summed E-state index contributed by atoms with van der Waals surface area (Å²) >= 11 is 0. The van der Waals surface area contributed by atoms with Crippen LogP contribution in [-0.2, 0) is 0 Å². The van der Waals surface area contributed by atoms with Gasteiger partial charge in [-0.3, -0.25) is 0 Å². The van der Waals surface area contributed by atoms with E-state index in [2.05, 4.69) is 4.90 Å². The quantitative estimate of drug-likeness (QED) is 0.687. The van der Waals surface area contributed by atoms with Gasteiger partial charge in [-0.2, -0.15) is 0 Å². The monoisotopic (exact) mass is 187 g/mol. The van der Waals surface area contributed by atoms with E-state index in [1.54, 1.807) is 0 Å². The molecule has 0 bridgehead atoms. The summed E-state index contributed by atoms with van der Waals surface area (Å²) in [5.74, 6) is 0. The number of hydrogen-bond acceptors (Lipinski definition) is 3. The third kappa shape index (κ3) is 9.80. The number of hydrogen-bond donors (Lipinski definition) is 1. The van der Waals surface area contributed by atoms with Crippen LogP contribution >= 0.6 is 0 Å². The molecule has 0 spiro atoms. The van der Waals surface area contributed by atoms with Crippen LogP contribution in [0.15, 0.2) is 0 Å². The highest BCUT2D eigenvalue weighted by atomic mass is 15.1. The predicted molar refractivity (Wildman–Crippen MR) is 59.0 cm³/mol. The van der Waals surface area contributed by atoms with Crippen molar-refractivity contribution in [3.8, 4) is 0 Å². The summed E-state index contributed by atoms with van der Waals surface area (Å²) in [5, 5.41) is 0. The Morgan fingerprint density at radius 2 is 1.54 bits per heavy atom. The lowest BCUT2D eigenvalue weighted by molar-refractivity contribution is 0.235. The molecule has 0 aliphatic carbocycles. The number of piperidine rings is 1. The van der Waals surface area contributed by atoms with Crippen LogP contribution in [0.3, 0.4) is 0 Å². The minimum Gasteiger partial charge on any atom is -0.329 e. The van der Waals surface area contributed by atoms with Gasteiger partial charge in [-0.15, -0.1) is 0 Å². The average molecular weight is 187 g/mol. The molecule has 13 heavy (non-hydrogen) atoms. The van der Waals surface area contributed by atoms with Crippen LogP contribution in [0, 0.1) is 0 Å². The van der Waals surface area contributed by atoms with Crippen molar-refractivity contribution in [1.29, 1.82) is 0 Å². The Kier molecular flexibility index (Phi) is 8.40. The lowest BCUT2D eigenvalue weighted by Crippen LogP contribution is -2.33. The van der Waals surface area contributed by atoms with E-state index in [4.69, 9.17) is 5.73 Å². The number of nitrogens with two attached hydrogens (primary N) is 1. The van der Waals surface area contributed by atoms with Gasteiger partial charge in [-0.05, 0) is 47.1 Å². The normalized spacial score (nSPS) is 18.2. The van der Waals surface area contributed by atoms with E-state index < -0.39 is 0 Å². The molecule has 0 aromatic heterocycles. The second kappa shape index (κ2) is 8.48. The van der Waals surface area contributed by atoms with Gasteiger partial charge < -0.3 is 15.5 Å². The third-order valence-electron chi connectivity index (χ3n) is 1.89. The van der Waals surface area contributed by atoms with Gasteiger partial charge >= 0.3 is 0 Å². The molecule has 0 radical (unpaired) electrons. The standard InChI is InChI=1S/C7H16N2.C3H9N/c8-4-7-9-5-2-1-3-6-9;1-4(2)3/h1-8H2;1-3H3. The predicted octanol–water partition coefficient (Wildman–Crippen LogP) is 0.609. The van der Waals surface area contributed by atoms with Crippen molar-refractivity contribution < 1.29 is 0 Å². The van der Waals surface area contributed by atoms with Crippen LogP contribution in [0.1, 0.15) is 19.3 Å². The smallest absolute Gasteiger partial charge is 0.0105 e. The highest BCUT2D eigenvalue weighted by molar-refractivity contribution is 4.63. The Labute approximate surface area is 82.9 Å². The highest BCUT2D eigenvalue weighted by Gasteiger charge is 2.07. The van der Waals surface area contributed by atoms with E-state index in [-0.39, 0.29) is 0 Å². The molecule has 1 aliphatic rings. The zero-order chi connectivity index (χ0) is 10.1. The molecule has 3 nitrogen and oxygen atoms in total. The molecule has 80 valence electrons. The Bertz CT molecular complexity index is 92.8. The molecule has 0 aromatic rings.